The van der Waals surface area contributed by atoms with Crippen molar-refractivity contribution in [3.8, 4) is 0 Å². The summed E-state index contributed by atoms with van der Waals surface area (Å²) in [5.41, 5.74) is 1.15. The van der Waals surface area contributed by atoms with Crippen LogP contribution in [-0.2, 0) is 16.6 Å². The molecule has 3 aromatic rings. The van der Waals surface area contributed by atoms with E-state index in [9.17, 15) is 8.42 Å². The molecule has 0 unspecified atom stereocenters. The summed E-state index contributed by atoms with van der Waals surface area (Å²) in [4.78, 5) is 4.57. The Hall–Kier alpha value is -2.05. The summed E-state index contributed by atoms with van der Waals surface area (Å²) in [6, 6.07) is 10.1. The first-order valence-electron chi connectivity index (χ1n) is 7.73. The number of hydrogen-bond donors (Lipinski definition) is 1. The first kappa shape index (κ1) is 16.8. The number of aryl methyl sites for hydroxylation is 1. The highest BCUT2D eigenvalue weighted by molar-refractivity contribution is 7.93. The van der Waals surface area contributed by atoms with Crippen LogP contribution < -0.4 is 4.72 Å². The van der Waals surface area contributed by atoms with Crippen molar-refractivity contribution in [2.45, 2.75) is 31.2 Å². The van der Waals surface area contributed by atoms with Crippen LogP contribution in [0.3, 0.4) is 0 Å². The van der Waals surface area contributed by atoms with Crippen LogP contribution in [0.15, 0.2) is 53.7 Å². The van der Waals surface area contributed by atoms with Crippen molar-refractivity contribution in [3.63, 3.8) is 0 Å². The Labute approximate surface area is 146 Å². The lowest BCUT2D eigenvalue weighted by atomic mass is 10.3. The Kier molecular flexibility index (Phi) is 4.78. The van der Waals surface area contributed by atoms with Gasteiger partial charge in [0.25, 0.3) is 10.0 Å². The van der Waals surface area contributed by atoms with E-state index >= 15 is 0 Å². The van der Waals surface area contributed by atoms with Gasteiger partial charge < -0.3 is 4.57 Å². The summed E-state index contributed by atoms with van der Waals surface area (Å²) in [6.45, 7) is 2.83. The first-order chi connectivity index (χ1) is 11.5. The number of nitrogens with zero attached hydrogens (tertiary/aromatic N) is 2. The highest BCUT2D eigenvalue weighted by atomic mass is 35.5. The van der Waals surface area contributed by atoms with Crippen LogP contribution in [0.1, 0.15) is 19.8 Å². The van der Waals surface area contributed by atoms with Gasteiger partial charge in [0.15, 0.2) is 0 Å². The van der Waals surface area contributed by atoms with E-state index in [1.54, 1.807) is 48.8 Å². The van der Waals surface area contributed by atoms with Gasteiger partial charge in [-0.3, -0.25) is 4.72 Å². The monoisotopic (exact) mass is 363 g/mol. The van der Waals surface area contributed by atoms with E-state index in [0.29, 0.717) is 21.7 Å². The van der Waals surface area contributed by atoms with Gasteiger partial charge in [0.2, 0.25) is 0 Å². The number of halogens is 1. The SMILES string of the molecule is CCCCn1cc(S(=O)(=O)Nc2ccc(Cl)cc2)c2cccnc21. The van der Waals surface area contributed by atoms with E-state index in [0.717, 1.165) is 19.4 Å². The number of pyridine rings is 1. The quantitative estimate of drug-likeness (QED) is 0.710. The van der Waals surface area contributed by atoms with Crippen molar-refractivity contribution in [1.29, 1.82) is 0 Å². The van der Waals surface area contributed by atoms with E-state index < -0.39 is 10.0 Å². The lowest BCUT2D eigenvalue weighted by Gasteiger charge is -2.07. The third-order valence-electron chi connectivity index (χ3n) is 3.74. The molecule has 5 nitrogen and oxygen atoms in total. The molecule has 0 aliphatic rings. The molecule has 126 valence electrons. The van der Waals surface area contributed by atoms with E-state index in [4.69, 9.17) is 11.6 Å². The van der Waals surface area contributed by atoms with Gasteiger partial charge in [-0.1, -0.05) is 24.9 Å². The zero-order chi connectivity index (χ0) is 17.2. The van der Waals surface area contributed by atoms with Gasteiger partial charge in [0.05, 0.1) is 0 Å². The zero-order valence-corrected chi connectivity index (χ0v) is 14.8. The Morgan fingerprint density at radius 3 is 2.67 bits per heavy atom. The summed E-state index contributed by atoms with van der Waals surface area (Å²) < 4.78 is 30.1. The fourth-order valence-corrected chi connectivity index (χ4v) is 3.93. The third kappa shape index (κ3) is 3.39. The van der Waals surface area contributed by atoms with Gasteiger partial charge in [0.1, 0.15) is 10.5 Å². The molecule has 0 aliphatic carbocycles. The van der Waals surface area contributed by atoms with Crippen molar-refractivity contribution in [2.24, 2.45) is 0 Å². The minimum atomic E-state index is -3.71. The average molecular weight is 364 g/mol. The largest absolute Gasteiger partial charge is 0.331 e. The summed E-state index contributed by atoms with van der Waals surface area (Å²) in [7, 11) is -3.71. The van der Waals surface area contributed by atoms with Crippen molar-refractivity contribution in [3.05, 3.63) is 53.8 Å². The van der Waals surface area contributed by atoms with Gasteiger partial charge in [-0.05, 0) is 42.8 Å². The maximum absolute atomic E-state index is 12.8. The Morgan fingerprint density at radius 2 is 1.96 bits per heavy atom. The highest BCUT2D eigenvalue weighted by Gasteiger charge is 2.21. The Bertz CT molecular complexity index is 950. The molecule has 1 N–H and O–H groups in total. The van der Waals surface area contributed by atoms with Crippen LogP contribution in [-0.4, -0.2) is 18.0 Å². The molecule has 3 rings (SSSR count). The summed E-state index contributed by atoms with van der Waals surface area (Å²) in [5.74, 6) is 0. The molecule has 0 bridgehead atoms. The second-order valence-corrected chi connectivity index (χ2v) is 7.61. The number of benzene rings is 1. The van der Waals surface area contributed by atoms with Gasteiger partial charge in [0, 0.05) is 35.0 Å². The second-order valence-electron chi connectivity index (χ2n) is 5.53. The molecule has 0 amide bonds. The zero-order valence-electron chi connectivity index (χ0n) is 13.2. The van der Waals surface area contributed by atoms with Gasteiger partial charge in [-0.15, -0.1) is 0 Å². The number of sulfonamides is 1. The second kappa shape index (κ2) is 6.83. The molecule has 7 heteroatoms. The summed E-state index contributed by atoms with van der Waals surface area (Å²) in [5, 5.41) is 1.17. The molecule has 0 radical (unpaired) electrons. The van der Waals surface area contributed by atoms with Crippen LogP contribution in [0.25, 0.3) is 11.0 Å². The van der Waals surface area contributed by atoms with E-state index in [1.165, 1.54) is 0 Å². The molecule has 0 saturated heterocycles. The molecule has 0 atom stereocenters. The van der Waals surface area contributed by atoms with Crippen molar-refractivity contribution >= 4 is 38.3 Å². The van der Waals surface area contributed by atoms with Crippen LogP contribution in [0.4, 0.5) is 5.69 Å². The minimum Gasteiger partial charge on any atom is -0.331 e. The molecular formula is C17H18ClN3O2S. The van der Waals surface area contributed by atoms with E-state index in [-0.39, 0.29) is 4.90 Å². The van der Waals surface area contributed by atoms with Crippen LogP contribution >= 0.6 is 11.6 Å². The first-order valence-corrected chi connectivity index (χ1v) is 9.59. The van der Waals surface area contributed by atoms with Gasteiger partial charge in [-0.25, -0.2) is 13.4 Å². The fourth-order valence-electron chi connectivity index (χ4n) is 2.53. The molecule has 0 saturated carbocycles. The number of nitrogens with one attached hydrogen (secondary N) is 1. The van der Waals surface area contributed by atoms with Crippen LogP contribution in [0, 0.1) is 0 Å². The standard InChI is InChI=1S/C17H18ClN3O2S/c1-2-3-11-21-12-16(15-5-4-10-19-17(15)21)24(22,23)20-14-8-6-13(18)7-9-14/h4-10,12,20H,2-3,11H2,1H3. The number of rotatable bonds is 6. The molecule has 1 aromatic carbocycles. The molecule has 0 spiro atoms. The fraction of sp³-hybridized carbons (Fsp3) is 0.235. The lowest BCUT2D eigenvalue weighted by Crippen LogP contribution is -2.12. The third-order valence-corrected chi connectivity index (χ3v) is 5.40. The maximum Gasteiger partial charge on any atom is 0.264 e. The van der Waals surface area contributed by atoms with Gasteiger partial charge >= 0.3 is 0 Å². The maximum atomic E-state index is 12.8. The highest BCUT2D eigenvalue weighted by Crippen LogP contribution is 2.26. The van der Waals surface area contributed by atoms with Crippen molar-refractivity contribution < 1.29 is 8.42 Å². The van der Waals surface area contributed by atoms with Crippen molar-refractivity contribution in [2.75, 3.05) is 4.72 Å². The molecule has 2 aromatic heterocycles. The van der Waals surface area contributed by atoms with Crippen LogP contribution in [0.5, 0.6) is 0 Å². The average Bonchev–Trinajstić information content (AvgIpc) is 2.95. The summed E-state index contributed by atoms with van der Waals surface area (Å²) in [6.07, 6.45) is 5.32. The molecular weight excluding hydrogens is 346 g/mol. The Morgan fingerprint density at radius 1 is 1.21 bits per heavy atom. The van der Waals surface area contributed by atoms with Gasteiger partial charge in [-0.2, -0.15) is 0 Å². The minimum absolute atomic E-state index is 0.233. The number of fused-ring (bicyclic) bond motifs is 1. The lowest BCUT2D eigenvalue weighted by molar-refractivity contribution is 0.600. The van der Waals surface area contributed by atoms with E-state index in [1.807, 2.05) is 4.57 Å². The normalized spacial score (nSPS) is 11.8. The topological polar surface area (TPSA) is 64.0 Å². The smallest absolute Gasteiger partial charge is 0.264 e. The molecule has 2 heterocycles. The van der Waals surface area contributed by atoms with E-state index in [2.05, 4.69) is 16.6 Å². The predicted octanol–water partition coefficient (Wildman–Crippen LogP) is 4.29. The summed E-state index contributed by atoms with van der Waals surface area (Å²) >= 11 is 5.84. The Balaban J connectivity index is 2.02. The molecule has 0 aliphatic heterocycles. The number of anilines is 1. The predicted molar refractivity (Wildman–Crippen MR) is 96.9 cm³/mol. The number of aromatic nitrogens is 2. The number of unbranched alkanes of at least 4 members (excludes halogenated alkanes) is 1. The molecule has 0 fully saturated rings. The molecule has 24 heavy (non-hydrogen) atoms. The van der Waals surface area contributed by atoms with Crippen LogP contribution in [0.2, 0.25) is 5.02 Å². The van der Waals surface area contributed by atoms with Crippen molar-refractivity contribution in [1.82, 2.24) is 9.55 Å². The number of hydrogen-bond acceptors (Lipinski definition) is 3.